The highest BCUT2D eigenvalue weighted by Crippen LogP contribution is 2.22. The highest BCUT2D eigenvalue weighted by Gasteiger charge is 2.29. The van der Waals surface area contributed by atoms with E-state index in [1.54, 1.807) is 11.0 Å². The van der Waals surface area contributed by atoms with Crippen LogP contribution in [0.2, 0.25) is 0 Å². The fraction of sp³-hybridized carbons (Fsp3) is 0.481. The second kappa shape index (κ2) is 13.4. The number of carbonyl (C=O) groups excluding carboxylic acids is 2. The summed E-state index contributed by atoms with van der Waals surface area (Å²) in [6.45, 7) is 8.54. The van der Waals surface area contributed by atoms with Crippen LogP contribution in [0, 0.1) is 18.7 Å². The van der Waals surface area contributed by atoms with Gasteiger partial charge < -0.3 is 10.2 Å². The molecule has 0 radical (unpaired) electrons. The summed E-state index contributed by atoms with van der Waals surface area (Å²) in [5.41, 5.74) is 1.90. The van der Waals surface area contributed by atoms with Crippen molar-refractivity contribution in [3.63, 3.8) is 0 Å². The summed E-state index contributed by atoms with van der Waals surface area (Å²) in [4.78, 5) is 28.0. The van der Waals surface area contributed by atoms with Crippen LogP contribution in [0.1, 0.15) is 51.2 Å². The summed E-state index contributed by atoms with van der Waals surface area (Å²) < 4.78 is 40.0. The number of aryl methyl sites for hydroxylation is 1. The molecule has 1 atom stereocenters. The maximum absolute atomic E-state index is 14.3. The number of para-hydroxylation sites is 1. The molecule has 0 aliphatic rings. The zero-order valence-corrected chi connectivity index (χ0v) is 22.6. The monoisotopic (exact) mass is 519 g/mol. The molecular weight excluding hydrogens is 481 g/mol. The van der Waals surface area contributed by atoms with Gasteiger partial charge in [-0.15, -0.1) is 0 Å². The van der Waals surface area contributed by atoms with Gasteiger partial charge in [-0.05, 0) is 43.4 Å². The molecular formula is C27H38FN3O4S. The van der Waals surface area contributed by atoms with Gasteiger partial charge in [-0.3, -0.25) is 13.9 Å². The Kier molecular flexibility index (Phi) is 10.9. The second-order valence-corrected chi connectivity index (χ2v) is 11.4. The van der Waals surface area contributed by atoms with Gasteiger partial charge in [-0.25, -0.2) is 12.8 Å². The lowest BCUT2D eigenvalue weighted by Crippen LogP contribution is -2.49. The summed E-state index contributed by atoms with van der Waals surface area (Å²) in [7, 11) is -3.76. The molecule has 0 saturated heterocycles. The van der Waals surface area contributed by atoms with Crippen molar-refractivity contribution in [2.24, 2.45) is 5.92 Å². The molecule has 0 bridgehead atoms. The van der Waals surface area contributed by atoms with Crippen molar-refractivity contribution >= 4 is 27.5 Å². The lowest BCUT2D eigenvalue weighted by atomic mass is 10.1. The Morgan fingerprint density at radius 3 is 2.36 bits per heavy atom. The molecule has 198 valence electrons. The van der Waals surface area contributed by atoms with Crippen LogP contribution in [-0.4, -0.2) is 50.5 Å². The fourth-order valence-electron chi connectivity index (χ4n) is 3.99. The number of anilines is 1. The maximum Gasteiger partial charge on any atom is 0.242 e. The number of nitrogens with zero attached hydrogens (tertiary/aromatic N) is 2. The fourth-order valence-corrected chi connectivity index (χ4v) is 4.95. The van der Waals surface area contributed by atoms with E-state index in [2.05, 4.69) is 5.32 Å². The number of carbonyl (C=O) groups is 2. The van der Waals surface area contributed by atoms with Crippen LogP contribution in [0.25, 0.3) is 0 Å². The van der Waals surface area contributed by atoms with Crippen molar-refractivity contribution in [1.29, 1.82) is 0 Å². The number of amides is 2. The van der Waals surface area contributed by atoms with E-state index in [4.69, 9.17) is 0 Å². The predicted molar refractivity (Wildman–Crippen MR) is 141 cm³/mol. The quantitative estimate of drug-likeness (QED) is 0.428. The minimum absolute atomic E-state index is 0.0141. The smallest absolute Gasteiger partial charge is 0.242 e. The standard InChI is InChI=1S/C27H38FN3O4S/c1-6-24(27(33)29-18-20(2)3)30(19-22-12-9-11-21(4)17-22)26(32)15-10-16-31(36(5,34)35)25-14-8-7-13-23(25)28/h7-9,11-14,17,20,24H,6,10,15-16,18-19H2,1-5H3,(H,29,33)/t24-/m0/s1. The zero-order valence-electron chi connectivity index (χ0n) is 21.8. The minimum atomic E-state index is -3.76. The van der Waals surface area contributed by atoms with Gasteiger partial charge in [0.2, 0.25) is 21.8 Å². The van der Waals surface area contributed by atoms with E-state index in [1.165, 1.54) is 18.2 Å². The number of benzene rings is 2. The number of nitrogens with one attached hydrogen (secondary N) is 1. The largest absolute Gasteiger partial charge is 0.354 e. The molecule has 1 N–H and O–H groups in total. The molecule has 0 aliphatic heterocycles. The third-order valence-electron chi connectivity index (χ3n) is 5.78. The van der Waals surface area contributed by atoms with Crippen molar-refractivity contribution in [1.82, 2.24) is 10.2 Å². The third-order valence-corrected chi connectivity index (χ3v) is 6.96. The van der Waals surface area contributed by atoms with E-state index in [0.29, 0.717) is 13.0 Å². The van der Waals surface area contributed by atoms with E-state index >= 15 is 0 Å². The second-order valence-electron chi connectivity index (χ2n) is 9.46. The molecule has 2 amide bonds. The van der Waals surface area contributed by atoms with E-state index in [0.717, 1.165) is 21.7 Å². The summed E-state index contributed by atoms with van der Waals surface area (Å²) >= 11 is 0. The van der Waals surface area contributed by atoms with Gasteiger partial charge in [0.15, 0.2) is 0 Å². The Morgan fingerprint density at radius 1 is 1.08 bits per heavy atom. The van der Waals surface area contributed by atoms with Gasteiger partial charge >= 0.3 is 0 Å². The number of hydrogen-bond acceptors (Lipinski definition) is 4. The van der Waals surface area contributed by atoms with Crippen LogP contribution in [0.5, 0.6) is 0 Å². The van der Waals surface area contributed by atoms with Gasteiger partial charge in [0.1, 0.15) is 11.9 Å². The Hall–Kier alpha value is -2.94. The molecule has 36 heavy (non-hydrogen) atoms. The van der Waals surface area contributed by atoms with Crippen LogP contribution >= 0.6 is 0 Å². The van der Waals surface area contributed by atoms with E-state index in [9.17, 15) is 22.4 Å². The van der Waals surface area contributed by atoms with Gasteiger partial charge in [-0.2, -0.15) is 0 Å². The third kappa shape index (κ3) is 8.62. The molecule has 2 rings (SSSR count). The van der Waals surface area contributed by atoms with E-state index < -0.39 is 21.9 Å². The first-order chi connectivity index (χ1) is 16.9. The molecule has 0 unspecified atom stereocenters. The van der Waals surface area contributed by atoms with Crippen molar-refractivity contribution in [2.45, 2.75) is 59.5 Å². The van der Waals surface area contributed by atoms with Crippen molar-refractivity contribution < 1.29 is 22.4 Å². The molecule has 0 heterocycles. The van der Waals surface area contributed by atoms with E-state index in [-0.39, 0.29) is 49.4 Å². The molecule has 0 aromatic heterocycles. The summed E-state index contributed by atoms with van der Waals surface area (Å²) in [5, 5.41) is 2.93. The zero-order chi connectivity index (χ0) is 26.9. The number of rotatable bonds is 13. The first kappa shape index (κ1) is 29.3. The van der Waals surface area contributed by atoms with Gasteiger partial charge in [-0.1, -0.05) is 62.7 Å². The maximum atomic E-state index is 14.3. The lowest BCUT2D eigenvalue weighted by molar-refractivity contribution is -0.141. The Labute approximate surface area is 214 Å². The Balaban J connectivity index is 2.22. The van der Waals surface area contributed by atoms with Crippen molar-refractivity contribution in [3.8, 4) is 0 Å². The Bertz CT molecular complexity index is 1140. The average Bonchev–Trinajstić information content (AvgIpc) is 2.80. The summed E-state index contributed by atoms with van der Waals surface area (Å²) in [5.74, 6) is -0.850. The molecule has 0 fully saturated rings. The highest BCUT2D eigenvalue weighted by atomic mass is 32.2. The number of hydrogen-bond donors (Lipinski definition) is 1. The molecule has 0 aliphatic carbocycles. The normalized spacial score (nSPS) is 12.3. The van der Waals surface area contributed by atoms with Crippen LogP contribution in [0.3, 0.4) is 0 Å². The minimum Gasteiger partial charge on any atom is -0.354 e. The summed E-state index contributed by atoms with van der Waals surface area (Å²) in [6.07, 6.45) is 1.64. The SMILES string of the molecule is CC[C@@H](C(=O)NCC(C)C)N(Cc1cccc(C)c1)C(=O)CCCN(c1ccccc1F)S(C)(=O)=O. The lowest BCUT2D eigenvalue weighted by Gasteiger charge is -2.31. The summed E-state index contributed by atoms with van der Waals surface area (Å²) in [6, 6.07) is 12.7. The topological polar surface area (TPSA) is 86.8 Å². The molecule has 9 heteroatoms. The van der Waals surface area contributed by atoms with Gasteiger partial charge in [0.05, 0.1) is 11.9 Å². The van der Waals surface area contributed by atoms with Crippen LogP contribution < -0.4 is 9.62 Å². The predicted octanol–water partition coefficient (Wildman–Crippen LogP) is 4.26. The molecule has 2 aromatic carbocycles. The van der Waals surface area contributed by atoms with Crippen LogP contribution in [0.4, 0.5) is 10.1 Å². The first-order valence-electron chi connectivity index (χ1n) is 12.3. The Morgan fingerprint density at radius 2 is 1.78 bits per heavy atom. The van der Waals surface area contributed by atoms with Gasteiger partial charge in [0, 0.05) is 26.1 Å². The number of sulfonamides is 1. The number of halogens is 1. The van der Waals surface area contributed by atoms with Crippen molar-refractivity contribution in [2.75, 3.05) is 23.7 Å². The average molecular weight is 520 g/mol. The van der Waals surface area contributed by atoms with Crippen LogP contribution in [0.15, 0.2) is 48.5 Å². The molecule has 2 aromatic rings. The van der Waals surface area contributed by atoms with Gasteiger partial charge in [0.25, 0.3) is 0 Å². The molecule has 0 spiro atoms. The molecule has 0 saturated carbocycles. The first-order valence-corrected chi connectivity index (χ1v) is 14.1. The highest BCUT2D eigenvalue weighted by molar-refractivity contribution is 7.92. The van der Waals surface area contributed by atoms with Crippen LogP contribution in [-0.2, 0) is 26.2 Å². The van der Waals surface area contributed by atoms with E-state index in [1.807, 2.05) is 52.0 Å². The molecule has 7 nitrogen and oxygen atoms in total. The van der Waals surface area contributed by atoms with Crippen molar-refractivity contribution in [3.05, 3.63) is 65.5 Å².